The van der Waals surface area contributed by atoms with Gasteiger partial charge in [0.15, 0.2) is 0 Å². The van der Waals surface area contributed by atoms with Crippen LogP contribution in [0.25, 0.3) is 0 Å². The monoisotopic (exact) mass is 302 g/mol. The standard InChI is InChI=1S/C18H23FN2O/c1-21(2)17-4-3-5-18(12-17)22-11-10-15(13-20)14-6-8-16(19)9-7-14/h3-9,12,15H,10-11,13,20H2,1-2H3. The van der Waals surface area contributed by atoms with Crippen molar-refractivity contribution in [2.75, 3.05) is 32.1 Å². The fourth-order valence-corrected chi connectivity index (χ4v) is 2.33. The van der Waals surface area contributed by atoms with Crippen molar-refractivity contribution in [3.8, 4) is 5.75 Å². The Bertz CT molecular complexity index is 584. The summed E-state index contributed by atoms with van der Waals surface area (Å²) in [5.74, 6) is 0.801. The highest BCUT2D eigenvalue weighted by molar-refractivity contribution is 5.49. The number of nitrogens with two attached hydrogens (primary N) is 1. The Hall–Kier alpha value is -2.07. The maximum absolute atomic E-state index is 13.0. The molecule has 0 heterocycles. The van der Waals surface area contributed by atoms with Crippen LogP contribution in [0.4, 0.5) is 10.1 Å². The van der Waals surface area contributed by atoms with Crippen LogP contribution in [0.1, 0.15) is 17.9 Å². The van der Waals surface area contributed by atoms with Gasteiger partial charge in [-0.2, -0.15) is 0 Å². The van der Waals surface area contributed by atoms with Gasteiger partial charge in [-0.25, -0.2) is 4.39 Å². The zero-order valence-electron chi connectivity index (χ0n) is 13.1. The average Bonchev–Trinajstić information content (AvgIpc) is 2.53. The van der Waals surface area contributed by atoms with E-state index in [1.807, 2.05) is 43.3 Å². The molecule has 0 aliphatic heterocycles. The number of hydrogen-bond donors (Lipinski definition) is 1. The minimum Gasteiger partial charge on any atom is -0.493 e. The maximum atomic E-state index is 13.0. The van der Waals surface area contributed by atoms with Gasteiger partial charge in [0.25, 0.3) is 0 Å². The highest BCUT2D eigenvalue weighted by Gasteiger charge is 2.10. The smallest absolute Gasteiger partial charge is 0.123 e. The van der Waals surface area contributed by atoms with Crippen LogP contribution in [0.5, 0.6) is 5.75 Å². The molecule has 4 heteroatoms. The molecule has 118 valence electrons. The van der Waals surface area contributed by atoms with Crippen molar-refractivity contribution < 1.29 is 9.13 Å². The molecule has 22 heavy (non-hydrogen) atoms. The molecule has 0 amide bonds. The molecule has 0 spiro atoms. The van der Waals surface area contributed by atoms with Gasteiger partial charge in [-0.1, -0.05) is 18.2 Å². The first-order valence-electron chi connectivity index (χ1n) is 7.46. The van der Waals surface area contributed by atoms with Crippen LogP contribution in [-0.2, 0) is 0 Å². The van der Waals surface area contributed by atoms with Crippen molar-refractivity contribution in [2.24, 2.45) is 5.73 Å². The first-order chi connectivity index (χ1) is 10.6. The van der Waals surface area contributed by atoms with Gasteiger partial charge in [-0.05, 0) is 48.7 Å². The van der Waals surface area contributed by atoms with Crippen LogP contribution < -0.4 is 15.4 Å². The highest BCUT2D eigenvalue weighted by atomic mass is 19.1. The fourth-order valence-electron chi connectivity index (χ4n) is 2.33. The summed E-state index contributed by atoms with van der Waals surface area (Å²) in [5, 5.41) is 0. The lowest BCUT2D eigenvalue weighted by Gasteiger charge is -2.17. The lowest BCUT2D eigenvalue weighted by atomic mass is 9.96. The van der Waals surface area contributed by atoms with Gasteiger partial charge in [-0.15, -0.1) is 0 Å². The fraction of sp³-hybridized carbons (Fsp3) is 0.333. The van der Waals surface area contributed by atoms with E-state index in [4.69, 9.17) is 10.5 Å². The molecule has 0 radical (unpaired) electrons. The number of ether oxygens (including phenoxy) is 1. The molecule has 0 bridgehead atoms. The molecule has 2 rings (SSSR count). The average molecular weight is 302 g/mol. The van der Waals surface area contributed by atoms with Crippen LogP contribution in [0.15, 0.2) is 48.5 Å². The van der Waals surface area contributed by atoms with Crippen molar-refractivity contribution in [1.82, 2.24) is 0 Å². The predicted molar refractivity (Wildman–Crippen MR) is 89.1 cm³/mol. The predicted octanol–water partition coefficient (Wildman–Crippen LogP) is 3.40. The molecule has 2 aromatic carbocycles. The van der Waals surface area contributed by atoms with E-state index in [0.29, 0.717) is 13.2 Å². The van der Waals surface area contributed by atoms with Gasteiger partial charge in [0.1, 0.15) is 11.6 Å². The van der Waals surface area contributed by atoms with E-state index in [1.165, 1.54) is 12.1 Å². The second-order valence-corrected chi connectivity index (χ2v) is 5.51. The Labute approximate surface area is 131 Å². The Morgan fingerprint density at radius 2 is 1.86 bits per heavy atom. The van der Waals surface area contributed by atoms with Crippen LogP contribution >= 0.6 is 0 Å². The highest BCUT2D eigenvalue weighted by Crippen LogP contribution is 2.22. The number of hydrogen-bond acceptors (Lipinski definition) is 3. The first kappa shape index (κ1) is 16.3. The molecule has 0 aliphatic rings. The Morgan fingerprint density at radius 1 is 1.14 bits per heavy atom. The molecule has 2 N–H and O–H groups in total. The maximum Gasteiger partial charge on any atom is 0.123 e. The van der Waals surface area contributed by atoms with Crippen LogP contribution in [0.2, 0.25) is 0 Å². The first-order valence-corrected chi connectivity index (χ1v) is 7.46. The zero-order valence-corrected chi connectivity index (χ0v) is 13.1. The third-order valence-electron chi connectivity index (χ3n) is 3.69. The van der Waals surface area contributed by atoms with Crippen molar-refractivity contribution in [2.45, 2.75) is 12.3 Å². The van der Waals surface area contributed by atoms with Crippen LogP contribution in [-0.4, -0.2) is 27.2 Å². The van der Waals surface area contributed by atoms with Gasteiger partial charge >= 0.3 is 0 Å². The summed E-state index contributed by atoms with van der Waals surface area (Å²) in [6, 6.07) is 14.5. The molecule has 0 aliphatic carbocycles. The molecular weight excluding hydrogens is 279 g/mol. The Kier molecular flexibility index (Phi) is 5.78. The van der Waals surface area contributed by atoms with E-state index >= 15 is 0 Å². The number of anilines is 1. The van der Waals surface area contributed by atoms with Gasteiger partial charge in [0.05, 0.1) is 6.61 Å². The number of benzene rings is 2. The summed E-state index contributed by atoms with van der Waals surface area (Å²) in [4.78, 5) is 2.04. The topological polar surface area (TPSA) is 38.5 Å². The molecular formula is C18H23FN2O. The normalized spacial score (nSPS) is 12.0. The molecule has 2 aromatic rings. The Morgan fingerprint density at radius 3 is 2.50 bits per heavy atom. The van der Waals surface area contributed by atoms with Crippen molar-refractivity contribution in [3.05, 3.63) is 59.9 Å². The summed E-state index contributed by atoms with van der Waals surface area (Å²) in [7, 11) is 4.00. The number of rotatable bonds is 7. The summed E-state index contributed by atoms with van der Waals surface area (Å²) in [5.41, 5.74) is 7.98. The second kappa shape index (κ2) is 7.80. The van der Waals surface area contributed by atoms with E-state index in [-0.39, 0.29) is 11.7 Å². The lowest BCUT2D eigenvalue weighted by molar-refractivity contribution is 0.298. The van der Waals surface area contributed by atoms with Crippen molar-refractivity contribution in [1.29, 1.82) is 0 Å². The molecule has 0 fully saturated rings. The molecule has 1 atom stereocenters. The molecule has 0 saturated carbocycles. The summed E-state index contributed by atoms with van der Waals surface area (Å²) < 4.78 is 18.8. The number of halogens is 1. The largest absolute Gasteiger partial charge is 0.493 e. The lowest BCUT2D eigenvalue weighted by Crippen LogP contribution is -2.15. The van der Waals surface area contributed by atoms with E-state index < -0.39 is 0 Å². The van der Waals surface area contributed by atoms with Gasteiger partial charge in [0, 0.05) is 25.8 Å². The molecule has 3 nitrogen and oxygen atoms in total. The minimum atomic E-state index is -0.226. The van der Waals surface area contributed by atoms with E-state index in [9.17, 15) is 4.39 Å². The molecule has 0 saturated heterocycles. The van der Waals surface area contributed by atoms with Crippen molar-refractivity contribution in [3.63, 3.8) is 0 Å². The van der Waals surface area contributed by atoms with Crippen LogP contribution in [0, 0.1) is 5.82 Å². The van der Waals surface area contributed by atoms with Gasteiger partial charge in [0.2, 0.25) is 0 Å². The minimum absolute atomic E-state index is 0.178. The second-order valence-electron chi connectivity index (χ2n) is 5.51. The van der Waals surface area contributed by atoms with Crippen molar-refractivity contribution >= 4 is 5.69 Å². The molecule has 0 aromatic heterocycles. The summed E-state index contributed by atoms with van der Waals surface area (Å²) in [6.45, 7) is 1.10. The van der Waals surface area contributed by atoms with Gasteiger partial charge in [-0.3, -0.25) is 0 Å². The Balaban J connectivity index is 1.91. The number of nitrogens with zero attached hydrogens (tertiary/aromatic N) is 1. The van der Waals surface area contributed by atoms with Crippen LogP contribution in [0.3, 0.4) is 0 Å². The summed E-state index contributed by atoms with van der Waals surface area (Å²) in [6.07, 6.45) is 0.800. The van der Waals surface area contributed by atoms with E-state index in [2.05, 4.69) is 0 Å². The zero-order chi connectivity index (χ0) is 15.9. The third kappa shape index (κ3) is 4.46. The van der Waals surface area contributed by atoms with E-state index in [0.717, 1.165) is 23.4 Å². The van der Waals surface area contributed by atoms with Gasteiger partial charge < -0.3 is 15.4 Å². The molecule has 1 unspecified atom stereocenters. The SMILES string of the molecule is CN(C)c1cccc(OCCC(CN)c2ccc(F)cc2)c1. The summed E-state index contributed by atoms with van der Waals surface area (Å²) >= 11 is 0. The van der Waals surface area contributed by atoms with E-state index in [1.54, 1.807) is 12.1 Å². The third-order valence-corrected chi connectivity index (χ3v) is 3.69. The quantitative estimate of drug-likeness (QED) is 0.852.